The fourth-order valence-electron chi connectivity index (χ4n) is 1.62. The molecular weight excluding hydrogens is 314 g/mol. The van der Waals surface area contributed by atoms with E-state index in [1.807, 2.05) is 19.1 Å². The molecule has 1 rings (SSSR count). The van der Waals surface area contributed by atoms with Gasteiger partial charge in [-0.1, -0.05) is 17.7 Å². The van der Waals surface area contributed by atoms with Gasteiger partial charge in [0.25, 0.3) is 0 Å². The Morgan fingerprint density at radius 3 is 2.52 bits per heavy atom. The fraction of sp³-hybridized carbons (Fsp3) is 0.267. The van der Waals surface area contributed by atoms with E-state index in [1.165, 1.54) is 17.4 Å². The third kappa shape index (κ3) is 8.03. The van der Waals surface area contributed by atoms with Gasteiger partial charge in [-0.25, -0.2) is 10.1 Å². The molecule has 8 heteroatoms. The van der Waals surface area contributed by atoms with Crippen LogP contribution in [0.3, 0.4) is 0 Å². The summed E-state index contributed by atoms with van der Waals surface area (Å²) in [6.45, 7) is 1.96. The maximum atomic E-state index is 11.9. The maximum absolute atomic E-state index is 11.9. The van der Waals surface area contributed by atoms with Crippen molar-refractivity contribution >= 4 is 16.9 Å². The first kappa shape index (κ1) is 18.7. The molecule has 0 spiro atoms. The van der Waals surface area contributed by atoms with Gasteiger partial charge in [-0.15, -0.1) is 0 Å². The summed E-state index contributed by atoms with van der Waals surface area (Å²) in [6.07, 6.45) is 5.03. The largest absolute Gasteiger partial charge is 0.401 e. The molecule has 1 amide bonds. The molecule has 7 nitrogen and oxygen atoms in total. The fourth-order valence-corrected chi connectivity index (χ4v) is 2.33. The number of hydrogen-bond donors (Lipinski definition) is 4. The predicted molar refractivity (Wildman–Crippen MR) is 91.5 cm³/mol. The third-order valence-corrected chi connectivity index (χ3v) is 3.80. The van der Waals surface area contributed by atoms with Crippen LogP contribution in [-0.4, -0.2) is 22.2 Å². The minimum absolute atomic E-state index is 0.194. The van der Waals surface area contributed by atoms with Gasteiger partial charge in [-0.2, -0.15) is 0 Å². The Kier molecular flexibility index (Phi) is 7.86. The van der Waals surface area contributed by atoms with E-state index in [1.54, 1.807) is 25.4 Å². The lowest BCUT2D eigenvalue weighted by molar-refractivity contribution is -0.120. The number of carbonyl (C=O) groups excluding carboxylic acids is 1. The van der Waals surface area contributed by atoms with Crippen molar-refractivity contribution in [3.05, 3.63) is 54.1 Å². The number of rotatable bonds is 8. The van der Waals surface area contributed by atoms with Crippen LogP contribution in [0.1, 0.15) is 18.4 Å². The molecule has 6 N–H and O–H groups in total. The number of allylic oxidation sites excluding steroid dienone is 1. The standard InChI is InChI=1S/C15H23N5O2S/c1-12-3-6-14(7-4-12)23(22)19-10-9-18-15(21)8-5-13(16)11-20(2)17/h3-4,6-7,9-11,19H,5,8,16-17H2,1-2H3,(H,18,21)/b10-9-,13-11-. The lowest BCUT2D eigenvalue weighted by Gasteiger charge is -2.07. The van der Waals surface area contributed by atoms with Crippen molar-refractivity contribution in [1.29, 1.82) is 0 Å². The Labute approximate surface area is 139 Å². The first-order valence-electron chi connectivity index (χ1n) is 7.01. The summed E-state index contributed by atoms with van der Waals surface area (Å²) >= 11 is 0. The zero-order chi connectivity index (χ0) is 17.2. The molecule has 0 fully saturated rings. The molecule has 1 unspecified atom stereocenters. The third-order valence-electron chi connectivity index (χ3n) is 2.75. The smallest absolute Gasteiger partial charge is 0.224 e. The number of nitrogens with zero attached hydrogens (tertiary/aromatic N) is 1. The Hall–Kier alpha value is -2.32. The van der Waals surface area contributed by atoms with Crippen LogP contribution >= 0.6 is 0 Å². The molecule has 1 aromatic rings. The molecule has 0 aliphatic carbocycles. The number of benzene rings is 1. The van der Waals surface area contributed by atoms with Crippen molar-refractivity contribution in [3.8, 4) is 0 Å². The quantitative estimate of drug-likeness (QED) is 0.409. The Balaban J connectivity index is 2.31. The normalized spacial score (nSPS) is 12.9. The second-order valence-corrected chi connectivity index (χ2v) is 6.21. The van der Waals surface area contributed by atoms with E-state index in [0.29, 0.717) is 17.0 Å². The Morgan fingerprint density at radius 2 is 1.91 bits per heavy atom. The van der Waals surface area contributed by atoms with Gasteiger partial charge < -0.3 is 20.8 Å². The number of amides is 1. The minimum atomic E-state index is -1.36. The Morgan fingerprint density at radius 1 is 1.26 bits per heavy atom. The highest BCUT2D eigenvalue weighted by Crippen LogP contribution is 2.06. The summed E-state index contributed by atoms with van der Waals surface area (Å²) in [7, 11) is 0.288. The van der Waals surface area contributed by atoms with Gasteiger partial charge >= 0.3 is 0 Å². The summed E-state index contributed by atoms with van der Waals surface area (Å²) in [5.41, 5.74) is 7.30. The molecule has 0 radical (unpaired) electrons. The topological polar surface area (TPSA) is 113 Å². The van der Waals surface area contributed by atoms with Crippen LogP contribution in [-0.2, 0) is 15.8 Å². The molecule has 0 aromatic heterocycles. The Bertz CT molecular complexity index is 596. The first-order valence-corrected chi connectivity index (χ1v) is 8.16. The molecule has 1 aromatic carbocycles. The molecule has 0 bridgehead atoms. The SMILES string of the molecule is Cc1ccc(S(=O)N/C=C\NC(=O)CC/C(N)=C/N(C)N)cc1. The lowest BCUT2D eigenvalue weighted by atomic mass is 10.2. The van der Waals surface area contributed by atoms with E-state index in [-0.39, 0.29) is 12.3 Å². The van der Waals surface area contributed by atoms with Gasteiger partial charge in [-0.05, 0) is 25.5 Å². The summed E-state index contributed by atoms with van der Waals surface area (Å²) < 4.78 is 14.6. The van der Waals surface area contributed by atoms with Crippen LogP contribution in [0.4, 0.5) is 0 Å². The minimum Gasteiger partial charge on any atom is -0.401 e. The lowest BCUT2D eigenvalue weighted by Crippen LogP contribution is -2.22. The highest BCUT2D eigenvalue weighted by Gasteiger charge is 2.02. The zero-order valence-corrected chi connectivity index (χ0v) is 14.1. The van der Waals surface area contributed by atoms with Crippen LogP contribution in [0.2, 0.25) is 0 Å². The van der Waals surface area contributed by atoms with E-state index in [0.717, 1.165) is 5.56 Å². The highest BCUT2D eigenvalue weighted by atomic mass is 32.2. The van der Waals surface area contributed by atoms with Gasteiger partial charge in [0.1, 0.15) is 11.0 Å². The van der Waals surface area contributed by atoms with Crippen molar-refractivity contribution < 1.29 is 9.00 Å². The van der Waals surface area contributed by atoms with Crippen molar-refractivity contribution in [2.24, 2.45) is 11.6 Å². The van der Waals surface area contributed by atoms with E-state index < -0.39 is 11.0 Å². The van der Waals surface area contributed by atoms with Crippen LogP contribution in [0.5, 0.6) is 0 Å². The van der Waals surface area contributed by atoms with Gasteiger partial charge in [0, 0.05) is 37.8 Å². The zero-order valence-electron chi connectivity index (χ0n) is 13.3. The molecule has 0 aliphatic heterocycles. The van der Waals surface area contributed by atoms with E-state index in [4.69, 9.17) is 11.6 Å². The predicted octanol–water partition coefficient (Wildman–Crippen LogP) is 0.580. The summed E-state index contributed by atoms with van der Waals surface area (Å²) in [5.74, 6) is 5.22. The second kappa shape index (κ2) is 9.65. The van der Waals surface area contributed by atoms with Gasteiger partial charge in [-0.3, -0.25) is 4.79 Å². The number of nitrogens with one attached hydrogen (secondary N) is 2. The van der Waals surface area contributed by atoms with Gasteiger partial charge in [0.05, 0.1) is 4.90 Å². The maximum Gasteiger partial charge on any atom is 0.224 e. The van der Waals surface area contributed by atoms with Crippen LogP contribution in [0.15, 0.2) is 53.5 Å². The number of nitrogens with two attached hydrogens (primary N) is 2. The summed E-state index contributed by atoms with van der Waals surface area (Å²) in [6, 6.07) is 7.34. The molecule has 0 saturated heterocycles. The second-order valence-electron chi connectivity index (χ2n) is 4.97. The van der Waals surface area contributed by atoms with Gasteiger partial charge in [0.2, 0.25) is 5.91 Å². The molecule has 126 valence electrons. The molecule has 0 saturated carbocycles. The van der Waals surface area contributed by atoms with E-state index >= 15 is 0 Å². The van der Waals surface area contributed by atoms with Crippen LogP contribution in [0.25, 0.3) is 0 Å². The van der Waals surface area contributed by atoms with Crippen molar-refractivity contribution in [3.63, 3.8) is 0 Å². The highest BCUT2D eigenvalue weighted by molar-refractivity contribution is 7.83. The average Bonchev–Trinajstić information content (AvgIpc) is 2.49. The van der Waals surface area contributed by atoms with E-state index in [2.05, 4.69) is 10.0 Å². The molecule has 1 atom stereocenters. The summed E-state index contributed by atoms with van der Waals surface area (Å²) in [4.78, 5) is 12.3. The molecule has 23 heavy (non-hydrogen) atoms. The average molecular weight is 337 g/mol. The van der Waals surface area contributed by atoms with E-state index in [9.17, 15) is 9.00 Å². The molecule has 0 heterocycles. The summed E-state index contributed by atoms with van der Waals surface area (Å²) in [5, 5.41) is 3.89. The van der Waals surface area contributed by atoms with Gasteiger partial charge in [0.15, 0.2) is 0 Å². The van der Waals surface area contributed by atoms with Crippen molar-refractivity contribution in [2.45, 2.75) is 24.7 Å². The number of aryl methyl sites for hydroxylation is 1. The first-order chi connectivity index (χ1) is 10.9. The number of hydrogen-bond acceptors (Lipinski definition) is 5. The van der Waals surface area contributed by atoms with Crippen molar-refractivity contribution in [2.75, 3.05) is 7.05 Å². The number of carbonyl (C=O) groups is 1. The van der Waals surface area contributed by atoms with Crippen LogP contribution in [0, 0.1) is 6.92 Å². The van der Waals surface area contributed by atoms with Crippen LogP contribution < -0.4 is 21.6 Å². The number of hydrazine groups is 1. The molecule has 0 aliphatic rings. The van der Waals surface area contributed by atoms with Crippen molar-refractivity contribution in [1.82, 2.24) is 15.0 Å². The molecular formula is C15H23N5O2S. The monoisotopic (exact) mass is 337 g/mol.